The molecule has 1 aromatic rings. The Morgan fingerprint density at radius 3 is 2.68 bits per heavy atom. The summed E-state index contributed by atoms with van der Waals surface area (Å²) in [6.45, 7) is 0.131. The lowest BCUT2D eigenvalue weighted by Crippen LogP contribution is -2.27. The van der Waals surface area contributed by atoms with Gasteiger partial charge in [0.1, 0.15) is 0 Å². The molecule has 0 aromatic heterocycles. The van der Waals surface area contributed by atoms with Crippen molar-refractivity contribution in [1.29, 1.82) is 0 Å². The molecule has 3 rings (SSSR count). The highest BCUT2D eigenvalue weighted by Gasteiger charge is 2.32. The summed E-state index contributed by atoms with van der Waals surface area (Å²) >= 11 is 0. The maximum Gasteiger partial charge on any atom is 0.309 e. The molecule has 1 aromatic carbocycles. The lowest BCUT2D eigenvalue weighted by molar-refractivity contribution is -0.144. The van der Waals surface area contributed by atoms with E-state index in [4.69, 9.17) is 4.74 Å². The van der Waals surface area contributed by atoms with E-state index in [0.717, 1.165) is 18.4 Å². The summed E-state index contributed by atoms with van der Waals surface area (Å²) in [5.41, 5.74) is 1.89. The summed E-state index contributed by atoms with van der Waals surface area (Å²) in [6.07, 6.45) is 3.42. The first-order chi connectivity index (χ1) is 10.4. The van der Waals surface area contributed by atoms with Gasteiger partial charge in [0.2, 0.25) is 10.0 Å². The molecule has 1 heterocycles. The third-order valence-electron chi connectivity index (χ3n) is 3.91. The number of ketones is 1. The van der Waals surface area contributed by atoms with E-state index in [2.05, 4.69) is 0 Å². The Labute approximate surface area is 129 Å². The molecule has 1 fully saturated rings. The Bertz CT molecular complexity index is 736. The van der Waals surface area contributed by atoms with Gasteiger partial charge in [0.15, 0.2) is 12.4 Å². The number of esters is 1. The lowest BCUT2D eigenvalue weighted by atomic mass is 10.1. The van der Waals surface area contributed by atoms with Crippen LogP contribution in [0.4, 0.5) is 5.69 Å². The van der Waals surface area contributed by atoms with Gasteiger partial charge in [-0.15, -0.1) is 0 Å². The minimum Gasteiger partial charge on any atom is -0.457 e. The Kier molecular flexibility index (Phi) is 3.68. The molecule has 1 aliphatic carbocycles. The van der Waals surface area contributed by atoms with Crippen molar-refractivity contribution < 1.29 is 22.7 Å². The van der Waals surface area contributed by atoms with Gasteiger partial charge in [-0.3, -0.25) is 13.9 Å². The van der Waals surface area contributed by atoms with Crippen LogP contribution in [0.1, 0.15) is 28.8 Å². The monoisotopic (exact) mass is 323 g/mol. The van der Waals surface area contributed by atoms with Gasteiger partial charge < -0.3 is 4.74 Å². The van der Waals surface area contributed by atoms with E-state index < -0.39 is 10.0 Å². The minimum absolute atomic E-state index is 0.0314. The summed E-state index contributed by atoms with van der Waals surface area (Å²) in [7, 11) is -3.29. The van der Waals surface area contributed by atoms with Gasteiger partial charge in [0, 0.05) is 12.1 Å². The molecule has 0 radical (unpaired) electrons. The molecule has 0 atom stereocenters. The molecule has 0 spiro atoms. The van der Waals surface area contributed by atoms with E-state index in [-0.39, 0.29) is 24.3 Å². The summed E-state index contributed by atoms with van der Waals surface area (Å²) < 4.78 is 29.6. The van der Waals surface area contributed by atoms with Crippen molar-refractivity contribution >= 4 is 27.5 Å². The first kappa shape index (κ1) is 15.0. The van der Waals surface area contributed by atoms with Crippen molar-refractivity contribution in [2.75, 3.05) is 23.7 Å². The zero-order valence-corrected chi connectivity index (χ0v) is 13.1. The van der Waals surface area contributed by atoms with E-state index in [0.29, 0.717) is 24.2 Å². The van der Waals surface area contributed by atoms with E-state index >= 15 is 0 Å². The van der Waals surface area contributed by atoms with Gasteiger partial charge in [-0.05, 0) is 43.0 Å². The molecule has 0 N–H and O–H groups in total. The molecule has 2 aliphatic rings. The molecule has 22 heavy (non-hydrogen) atoms. The Balaban J connectivity index is 1.71. The topological polar surface area (TPSA) is 80.8 Å². The molecule has 0 saturated heterocycles. The number of nitrogens with zero attached hydrogens (tertiary/aromatic N) is 1. The second-order valence-electron chi connectivity index (χ2n) is 5.73. The fourth-order valence-electron chi connectivity index (χ4n) is 2.55. The highest BCUT2D eigenvalue weighted by Crippen LogP contribution is 2.31. The second kappa shape index (κ2) is 5.39. The molecule has 1 saturated carbocycles. The number of Topliss-reactive ketones (excluding diaryl/α,β-unsaturated/α-hetero) is 1. The van der Waals surface area contributed by atoms with Crippen LogP contribution in [0.15, 0.2) is 18.2 Å². The van der Waals surface area contributed by atoms with Crippen LogP contribution in [0, 0.1) is 5.92 Å². The number of fused-ring (bicyclic) bond motifs is 1. The SMILES string of the molecule is CS(=O)(=O)N1CCc2cc(C(=O)COC(=O)C3CC3)ccc21. The summed E-state index contributed by atoms with van der Waals surface area (Å²) in [5, 5.41) is 0. The number of ether oxygens (including phenoxy) is 1. The summed E-state index contributed by atoms with van der Waals surface area (Å²) in [6, 6.07) is 4.91. The van der Waals surface area contributed by atoms with Crippen molar-refractivity contribution in [1.82, 2.24) is 0 Å². The van der Waals surface area contributed by atoms with Crippen LogP contribution in [-0.2, 0) is 26.0 Å². The zero-order chi connectivity index (χ0) is 15.9. The number of rotatable bonds is 5. The molecule has 0 bridgehead atoms. The quantitative estimate of drug-likeness (QED) is 0.600. The van der Waals surface area contributed by atoms with E-state index in [1.165, 1.54) is 10.6 Å². The maximum atomic E-state index is 12.1. The number of anilines is 1. The highest BCUT2D eigenvalue weighted by atomic mass is 32.2. The third-order valence-corrected chi connectivity index (χ3v) is 5.09. The molecule has 0 amide bonds. The van der Waals surface area contributed by atoms with Crippen LogP contribution in [-0.4, -0.2) is 39.6 Å². The fraction of sp³-hybridized carbons (Fsp3) is 0.467. The van der Waals surface area contributed by atoms with Crippen LogP contribution >= 0.6 is 0 Å². The summed E-state index contributed by atoms with van der Waals surface area (Å²) in [4.78, 5) is 23.5. The lowest BCUT2D eigenvalue weighted by Gasteiger charge is -2.16. The highest BCUT2D eigenvalue weighted by molar-refractivity contribution is 7.92. The molecule has 118 valence electrons. The molecular formula is C15H17NO5S. The van der Waals surface area contributed by atoms with Crippen LogP contribution < -0.4 is 4.31 Å². The predicted octanol–water partition coefficient (Wildman–Crippen LogP) is 1.14. The van der Waals surface area contributed by atoms with Gasteiger partial charge in [0.05, 0.1) is 17.9 Å². The Morgan fingerprint density at radius 1 is 1.32 bits per heavy atom. The number of carbonyl (C=O) groups is 2. The molecule has 0 unspecified atom stereocenters. The largest absolute Gasteiger partial charge is 0.457 e. The zero-order valence-electron chi connectivity index (χ0n) is 12.2. The van der Waals surface area contributed by atoms with Crippen molar-refractivity contribution in [3.63, 3.8) is 0 Å². The molecule has 1 aliphatic heterocycles. The van der Waals surface area contributed by atoms with Crippen molar-refractivity contribution in [3.8, 4) is 0 Å². The van der Waals surface area contributed by atoms with Crippen LogP contribution in [0.3, 0.4) is 0 Å². The Hall–Kier alpha value is -1.89. The average Bonchev–Trinajstić information content (AvgIpc) is 3.21. The standard InChI is InChI=1S/C15H17NO5S/c1-22(19,20)16-7-6-11-8-12(4-5-13(11)16)14(17)9-21-15(18)10-2-3-10/h4-5,8,10H,2-3,6-7,9H2,1H3. The van der Waals surface area contributed by atoms with Gasteiger partial charge in [0.25, 0.3) is 0 Å². The number of carbonyl (C=O) groups excluding carboxylic acids is 2. The molecule has 6 nitrogen and oxygen atoms in total. The maximum absolute atomic E-state index is 12.1. The summed E-state index contributed by atoms with van der Waals surface area (Å²) in [5.74, 6) is -0.608. The van der Waals surface area contributed by atoms with Crippen molar-refractivity contribution in [3.05, 3.63) is 29.3 Å². The van der Waals surface area contributed by atoms with Crippen LogP contribution in [0.5, 0.6) is 0 Å². The fourth-order valence-corrected chi connectivity index (χ4v) is 3.50. The van der Waals surface area contributed by atoms with Gasteiger partial charge in [-0.2, -0.15) is 0 Å². The van der Waals surface area contributed by atoms with E-state index in [1.54, 1.807) is 18.2 Å². The first-order valence-corrected chi connectivity index (χ1v) is 9.01. The molecule has 7 heteroatoms. The number of hydrogen-bond donors (Lipinski definition) is 0. The van der Waals surface area contributed by atoms with Crippen molar-refractivity contribution in [2.45, 2.75) is 19.3 Å². The smallest absolute Gasteiger partial charge is 0.309 e. The van der Waals surface area contributed by atoms with Crippen LogP contribution in [0.2, 0.25) is 0 Å². The minimum atomic E-state index is -3.29. The van der Waals surface area contributed by atoms with E-state index in [1.807, 2.05) is 0 Å². The van der Waals surface area contributed by atoms with Gasteiger partial charge in [-0.1, -0.05) is 0 Å². The number of benzene rings is 1. The predicted molar refractivity (Wildman–Crippen MR) is 80.3 cm³/mol. The third kappa shape index (κ3) is 2.99. The van der Waals surface area contributed by atoms with Gasteiger partial charge in [-0.25, -0.2) is 8.42 Å². The first-order valence-electron chi connectivity index (χ1n) is 7.17. The Morgan fingerprint density at radius 2 is 2.05 bits per heavy atom. The van der Waals surface area contributed by atoms with E-state index in [9.17, 15) is 18.0 Å². The second-order valence-corrected chi connectivity index (χ2v) is 7.64. The number of hydrogen-bond acceptors (Lipinski definition) is 5. The van der Waals surface area contributed by atoms with Gasteiger partial charge >= 0.3 is 5.97 Å². The molecular weight excluding hydrogens is 306 g/mol. The normalized spacial score (nSPS) is 17.2. The average molecular weight is 323 g/mol. The van der Waals surface area contributed by atoms with Crippen molar-refractivity contribution in [2.24, 2.45) is 5.92 Å². The van der Waals surface area contributed by atoms with Crippen LogP contribution in [0.25, 0.3) is 0 Å². The number of sulfonamides is 1.